The molecule has 7 heteroatoms. The number of nitrogens with zero attached hydrogens (tertiary/aromatic N) is 2. The van der Waals surface area contributed by atoms with Gasteiger partial charge in [0, 0.05) is 13.3 Å². The van der Waals surface area contributed by atoms with Crippen molar-refractivity contribution in [2.75, 3.05) is 13.7 Å². The molecule has 1 unspecified atom stereocenters. The molecule has 0 aliphatic heterocycles. The Kier molecular flexibility index (Phi) is 4.53. The topological polar surface area (TPSA) is 101 Å². The fourth-order valence-electron chi connectivity index (χ4n) is 1.17. The summed E-state index contributed by atoms with van der Waals surface area (Å²) in [5.74, 6) is -1.56. The molecule has 1 aromatic heterocycles. The van der Waals surface area contributed by atoms with Gasteiger partial charge in [-0.25, -0.2) is 14.8 Å². The molecule has 0 saturated heterocycles. The number of nitrogens with one attached hydrogen (secondary N) is 1. The van der Waals surface area contributed by atoms with Crippen LogP contribution in [0.25, 0.3) is 0 Å². The maximum Gasteiger partial charge on any atom is 0.334 e. The van der Waals surface area contributed by atoms with E-state index in [4.69, 9.17) is 5.11 Å². The first-order valence-electron chi connectivity index (χ1n) is 4.86. The fraction of sp³-hybridized carbons (Fsp3) is 0.400. The van der Waals surface area contributed by atoms with E-state index in [0.29, 0.717) is 11.3 Å². The van der Waals surface area contributed by atoms with Crippen LogP contribution >= 0.6 is 0 Å². The van der Waals surface area contributed by atoms with E-state index in [2.05, 4.69) is 20.0 Å². The van der Waals surface area contributed by atoms with Crippen molar-refractivity contribution in [2.24, 2.45) is 0 Å². The average Bonchev–Trinajstić information content (AvgIpc) is 2.29. The van der Waals surface area contributed by atoms with Crippen molar-refractivity contribution in [3.05, 3.63) is 23.8 Å². The van der Waals surface area contributed by atoms with Gasteiger partial charge in [-0.05, 0) is 6.92 Å². The molecule has 1 amide bonds. The Labute approximate surface area is 97.8 Å². The van der Waals surface area contributed by atoms with Crippen molar-refractivity contribution in [1.29, 1.82) is 0 Å². The van der Waals surface area contributed by atoms with Crippen molar-refractivity contribution < 1.29 is 19.4 Å². The van der Waals surface area contributed by atoms with Crippen LogP contribution in [0.15, 0.2) is 12.5 Å². The molecule has 0 radical (unpaired) electrons. The molecule has 2 N–H and O–H groups in total. The minimum atomic E-state index is -1.13. The van der Waals surface area contributed by atoms with Gasteiger partial charge in [0.2, 0.25) is 0 Å². The van der Waals surface area contributed by atoms with Crippen molar-refractivity contribution in [2.45, 2.75) is 13.0 Å². The van der Waals surface area contributed by atoms with Gasteiger partial charge >= 0.3 is 5.97 Å². The van der Waals surface area contributed by atoms with Crippen molar-refractivity contribution >= 4 is 11.9 Å². The van der Waals surface area contributed by atoms with E-state index in [1.165, 1.54) is 19.6 Å². The van der Waals surface area contributed by atoms with Crippen LogP contribution in [0.2, 0.25) is 0 Å². The van der Waals surface area contributed by atoms with Crippen LogP contribution in [0.3, 0.4) is 0 Å². The van der Waals surface area contributed by atoms with Gasteiger partial charge in [0.15, 0.2) is 6.10 Å². The highest BCUT2D eigenvalue weighted by Crippen LogP contribution is 2.01. The standard InChI is InChI=1S/C10H13N3O4/c1-6-7(3-11-5-13-6)9(14)12-4-8(17-2)10(15)16/h3,5,8H,4H2,1-2H3,(H,12,14)(H,15,16). The fourth-order valence-corrected chi connectivity index (χ4v) is 1.17. The Morgan fingerprint density at radius 1 is 1.59 bits per heavy atom. The zero-order valence-corrected chi connectivity index (χ0v) is 9.51. The Morgan fingerprint density at radius 3 is 2.82 bits per heavy atom. The van der Waals surface area contributed by atoms with E-state index in [1.807, 2.05) is 0 Å². The number of aliphatic carboxylic acids is 1. The molecule has 0 fully saturated rings. The molecule has 0 aromatic carbocycles. The molecule has 1 atom stereocenters. The molecule has 0 aliphatic rings. The average molecular weight is 239 g/mol. The van der Waals surface area contributed by atoms with Gasteiger partial charge in [0.1, 0.15) is 6.33 Å². The normalized spacial score (nSPS) is 11.9. The highest BCUT2D eigenvalue weighted by atomic mass is 16.5. The van der Waals surface area contributed by atoms with E-state index >= 15 is 0 Å². The third-order valence-corrected chi connectivity index (χ3v) is 2.16. The monoisotopic (exact) mass is 239 g/mol. The summed E-state index contributed by atoms with van der Waals surface area (Å²) in [6.45, 7) is 1.56. The van der Waals surface area contributed by atoms with Gasteiger partial charge < -0.3 is 15.2 Å². The Balaban J connectivity index is 2.62. The lowest BCUT2D eigenvalue weighted by atomic mass is 10.2. The summed E-state index contributed by atoms with van der Waals surface area (Å²) in [5, 5.41) is 11.2. The van der Waals surface area contributed by atoms with E-state index in [9.17, 15) is 9.59 Å². The van der Waals surface area contributed by atoms with Crippen LogP contribution in [0.4, 0.5) is 0 Å². The summed E-state index contributed by atoms with van der Waals surface area (Å²) in [5.41, 5.74) is 0.842. The minimum absolute atomic E-state index is 0.112. The lowest BCUT2D eigenvalue weighted by Crippen LogP contribution is -2.38. The van der Waals surface area contributed by atoms with Crippen LogP contribution in [-0.2, 0) is 9.53 Å². The number of rotatable bonds is 5. The second kappa shape index (κ2) is 5.90. The van der Waals surface area contributed by atoms with Crippen LogP contribution in [0, 0.1) is 6.92 Å². The molecular weight excluding hydrogens is 226 g/mol. The molecule has 0 bridgehead atoms. The number of carbonyl (C=O) groups is 2. The molecular formula is C10H13N3O4. The first-order valence-corrected chi connectivity index (χ1v) is 4.86. The number of ether oxygens (including phenoxy) is 1. The SMILES string of the molecule is COC(CNC(=O)c1cncnc1C)C(=O)O. The van der Waals surface area contributed by atoms with E-state index < -0.39 is 18.0 Å². The molecule has 1 heterocycles. The third-order valence-electron chi connectivity index (χ3n) is 2.16. The maximum atomic E-state index is 11.7. The van der Waals surface area contributed by atoms with Gasteiger partial charge in [0.25, 0.3) is 5.91 Å². The highest BCUT2D eigenvalue weighted by Gasteiger charge is 2.18. The smallest absolute Gasteiger partial charge is 0.334 e. The molecule has 0 saturated carbocycles. The molecule has 17 heavy (non-hydrogen) atoms. The zero-order valence-electron chi connectivity index (χ0n) is 9.51. The highest BCUT2D eigenvalue weighted by molar-refractivity contribution is 5.95. The zero-order chi connectivity index (χ0) is 12.8. The molecule has 1 aromatic rings. The molecule has 7 nitrogen and oxygen atoms in total. The van der Waals surface area contributed by atoms with E-state index in [-0.39, 0.29) is 6.54 Å². The van der Waals surface area contributed by atoms with Crippen LogP contribution in [-0.4, -0.2) is 46.7 Å². The summed E-state index contributed by atoms with van der Waals surface area (Å²) >= 11 is 0. The number of hydrogen-bond acceptors (Lipinski definition) is 5. The van der Waals surface area contributed by atoms with Gasteiger partial charge in [-0.3, -0.25) is 4.79 Å². The number of amides is 1. The molecule has 1 rings (SSSR count). The van der Waals surface area contributed by atoms with Crippen LogP contribution < -0.4 is 5.32 Å². The van der Waals surface area contributed by atoms with Gasteiger partial charge in [-0.2, -0.15) is 0 Å². The first kappa shape index (κ1) is 13.0. The largest absolute Gasteiger partial charge is 0.479 e. The first-order chi connectivity index (χ1) is 8.06. The summed E-state index contributed by atoms with van der Waals surface area (Å²) in [6.07, 6.45) is 1.64. The summed E-state index contributed by atoms with van der Waals surface area (Å²) in [4.78, 5) is 29.9. The molecule has 0 spiro atoms. The van der Waals surface area contributed by atoms with Gasteiger partial charge in [0.05, 0.1) is 17.8 Å². The minimum Gasteiger partial charge on any atom is -0.479 e. The summed E-state index contributed by atoms with van der Waals surface area (Å²) < 4.78 is 4.68. The predicted octanol–water partition coefficient (Wildman–Crippen LogP) is -0.386. The van der Waals surface area contributed by atoms with Gasteiger partial charge in [-0.1, -0.05) is 0 Å². The van der Waals surface area contributed by atoms with E-state index in [1.54, 1.807) is 6.92 Å². The van der Waals surface area contributed by atoms with Crippen molar-refractivity contribution in [1.82, 2.24) is 15.3 Å². The number of aromatic nitrogens is 2. The second-order valence-electron chi connectivity index (χ2n) is 3.29. The number of carboxylic acid groups (broad SMARTS) is 1. The summed E-state index contributed by atoms with van der Waals surface area (Å²) in [7, 11) is 1.27. The number of carboxylic acids is 1. The third kappa shape index (κ3) is 3.49. The predicted molar refractivity (Wildman–Crippen MR) is 57.5 cm³/mol. The maximum absolute atomic E-state index is 11.7. The second-order valence-corrected chi connectivity index (χ2v) is 3.29. The number of methoxy groups -OCH3 is 1. The van der Waals surface area contributed by atoms with E-state index in [0.717, 1.165) is 0 Å². The van der Waals surface area contributed by atoms with Gasteiger partial charge in [-0.15, -0.1) is 0 Å². The molecule has 92 valence electrons. The summed E-state index contributed by atoms with van der Waals surface area (Å²) in [6, 6.07) is 0. The molecule has 0 aliphatic carbocycles. The lowest BCUT2D eigenvalue weighted by molar-refractivity contribution is -0.147. The number of hydrogen-bond donors (Lipinski definition) is 2. The Hall–Kier alpha value is -2.02. The number of carbonyl (C=O) groups excluding carboxylic acids is 1. The van der Waals surface area contributed by atoms with Crippen molar-refractivity contribution in [3.8, 4) is 0 Å². The quantitative estimate of drug-likeness (QED) is 0.726. The Bertz CT molecular complexity index is 422. The Morgan fingerprint density at radius 2 is 2.29 bits per heavy atom. The van der Waals surface area contributed by atoms with Crippen LogP contribution in [0.1, 0.15) is 16.1 Å². The van der Waals surface area contributed by atoms with Crippen LogP contribution in [0.5, 0.6) is 0 Å². The van der Waals surface area contributed by atoms with Crippen molar-refractivity contribution in [3.63, 3.8) is 0 Å². The number of aryl methyl sites for hydroxylation is 1. The lowest BCUT2D eigenvalue weighted by Gasteiger charge is -2.11.